The maximum Gasteiger partial charge on any atom is 0.263 e. The summed E-state index contributed by atoms with van der Waals surface area (Å²) in [5, 5.41) is 5.19. The molecule has 158 valence electrons. The van der Waals surface area contributed by atoms with Crippen molar-refractivity contribution in [2.24, 2.45) is 0 Å². The topological polar surface area (TPSA) is 82.5 Å². The van der Waals surface area contributed by atoms with Crippen molar-refractivity contribution in [3.05, 3.63) is 70.6 Å². The third-order valence-electron chi connectivity index (χ3n) is 4.73. The van der Waals surface area contributed by atoms with Gasteiger partial charge in [0, 0.05) is 10.9 Å². The third-order valence-corrected chi connectivity index (χ3v) is 5.62. The molecule has 0 spiro atoms. The molecule has 2 heterocycles. The van der Waals surface area contributed by atoms with E-state index in [0.29, 0.717) is 28.3 Å². The van der Waals surface area contributed by atoms with Gasteiger partial charge in [-0.05, 0) is 36.8 Å². The highest BCUT2D eigenvalue weighted by Gasteiger charge is 2.15. The molecule has 0 aliphatic carbocycles. The van der Waals surface area contributed by atoms with E-state index in [1.165, 1.54) is 29.3 Å². The van der Waals surface area contributed by atoms with Crippen LogP contribution in [0, 0.1) is 0 Å². The first-order chi connectivity index (χ1) is 15.1. The van der Waals surface area contributed by atoms with Crippen LogP contribution in [0.4, 0.5) is 5.69 Å². The van der Waals surface area contributed by atoms with Gasteiger partial charge in [0.2, 0.25) is 5.91 Å². The smallest absolute Gasteiger partial charge is 0.263 e. The van der Waals surface area contributed by atoms with E-state index in [0.717, 1.165) is 16.9 Å². The normalized spacial score (nSPS) is 10.8. The number of amides is 1. The Balaban J connectivity index is 1.62. The molecule has 31 heavy (non-hydrogen) atoms. The van der Waals surface area contributed by atoms with E-state index in [9.17, 15) is 9.59 Å². The van der Waals surface area contributed by atoms with Gasteiger partial charge in [-0.3, -0.25) is 14.2 Å². The number of hydrogen-bond donors (Lipinski definition) is 1. The Kier molecular flexibility index (Phi) is 5.99. The number of carbonyl (C=O) groups is 1. The Morgan fingerprint density at radius 3 is 2.68 bits per heavy atom. The summed E-state index contributed by atoms with van der Waals surface area (Å²) < 4.78 is 12.1. The largest absolute Gasteiger partial charge is 0.495 e. The van der Waals surface area contributed by atoms with E-state index in [-0.39, 0.29) is 18.0 Å². The number of hydrogen-bond acceptors (Lipinski definition) is 6. The Morgan fingerprint density at radius 2 is 1.94 bits per heavy atom. The molecule has 1 amide bonds. The second-order valence-electron chi connectivity index (χ2n) is 6.71. The van der Waals surface area contributed by atoms with Crippen LogP contribution in [-0.2, 0) is 11.3 Å². The van der Waals surface area contributed by atoms with Crippen LogP contribution >= 0.6 is 11.3 Å². The zero-order chi connectivity index (χ0) is 21.8. The van der Waals surface area contributed by atoms with Crippen molar-refractivity contribution in [3.8, 4) is 22.6 Å². The van der Waals surface area contributed by atoms with Crippen molar-refractivity contribution in [2.75, 3.05) is 19.0 Å². The first-order valence-electron chi connectivity index (χ1n) is 9.73. The number of methoxy groups -OCH3 is 1. The zero-order valence-electron chi connectivity index (χ0n) is 17.1. The second-order valence-corrected chi connectivity index (χ2v) is 7.57. The fourth-order valence-corrected chi connectivity index (χ4v) is 4.19. The molecule has 0 saturated heterocycles. The highest BCUT2D eigenvalue weighted by Crippen LogP contribution is 2.31. The number of anilines is 1. The Morgan fingerprint density at radius 1 is 1.16 bits per heavy atom. The molecule has 0 fully saturated rings. The van der Waals surface area contributed by atoms with Crippen molar-refractivity contribution < 1.29 is 14.3 Å². The van der Waals surface area contributed by atoms with Gasteiger partial charge < -0.3 is 14.8 Å². The molecular weight excluding hydrogens is 414 g/mol. The molecule has 0 unspecified atom stereocenters. The van der Waals surface area contributed by atoms with Gasteiger partial charge in [-0.25, -0.2) is 4.98 Å². The monoisotopic (exact) mass is 435 g/mol. The molecule has 4 rings (SSSR count). The number of thiophene rings is 1. The standard InChI is InChI=1S/C23H21N3O4S/c1-3-30-16-10-8-15(9-11-16)17-13-31-22-21(17)23(28)26(14-24-22)12-20(27)25-18-6-4-5-7-19(18)29-2/h4-11,13-14H,3,12H2,1-2H3,(H,25,27). The van der Waals surface area contributed by atoms with Gasteiger partial charge in [0.25, 0.3) is 5.56 Å². The summed E-state index contributed by atoms with van der Waals surface area (Å²) >= 11 is 1.40. The molecule has 4 aromatic rings. The van der Waals surface area contributed by atoms with Gasteiger partial charge in [0.1, 0.15) is 22.9 Å². The fourth-order valence-electron chi connectivity index (χ4n) is 3.28. The minimum atomic E-state index is -0.342. The van der Waals surface area contributed by atoms with Gasteiger partial charge in [0.15, 0.2) is 0 Å². The van der Waals surface area contributed by atoms with E-state index in [1.807, 2.05) is 42.6 Å². The van der Waals surface area contributed by atoms with Crippen LogP contribution in [0.25, 0.3) is 21.3 Å². The zero-order valence-corrected chi connectivity index (χ0v) is 17.9. The highest BCUT2D eigenvalue weighted by molar-refractivity contribution is 7.17. The Labute approximate surface area is 182 Å². The maximum absolute atomic E-state index is 13.2. The predicted molar refractivity (Wildman–Crippen MR) is 122 cm³/mol. The number of benzene rings is 2. The lowest BCUT2D eigenvalue weighted by molar-refractivity contribution is -0.116. The van der Waals surface area contributed by atoms with Crippen molar-refractivity contribution in [1.29, 1.82) is 0 Å². The van der Waals surface area contributed by atoms with Crippen LogP contribution in [0.5, 0.6) is 11.5 Å². The Hall–Kier alpha value is -3.65. The number of nitrogens with one attached hydrogen (secondary N) is 1. The molecule has 1 N–H and O–H groups in total. The summed E-state index contributed by atoms with van der Waals surface area (Å²) in [6, 6.07) is 14.7. The summed E-state index contributed by atoms with van der Waals surface area (Å²) in [6.07, 6.45) is 1.41. The number of aromatic nitrogens is 2. The first-order valence-corrected chi connectivity index (χ1v) is 10.6. The minimum absolute atomic E-state index is 0.154. The van der Waals surface area contributed by atoms with Crippen LogP contribution in [0.2, 0.25) is 0 Å². The van der Waals surface area contributed by atoms with Gasteiger partial charge in [-0.15, -0.1) is 11.3 Å². The van der Waals surface area contributed by atoms with E-state index in [4.69, 9.17) is 9.47 Å². The summed E-state index contributed by atoms with van der Waals surface area (Å²) in [7, 11) is 1.53. The molecule has 0 bridgehead atoms. The van der Waals surface area contributed by atoms with Crippen molar-refractivity contribution in [2.45, 2.75) is 13.5 Å². The highest BCUT2D eigenvalue weighted by atomic mass is 32.1. The van der Waals surface area contributed by atoms with Crippen LogP contribution in [0.15, 0.2) is 65.0 Å². The lowest BCUT2D eigenvalue weighted by atomic mass is 10.1. The van der Waals surface area contributed by atoms with Gasteiger partial charge >= 0.3 is 0 Å². The molecule has 2 aromatic carbocycles. The van der Waals surface area contributed by atoms with Crippen LogP contribution in [-0.4, -0.2) is 29.2 Å². The summed E-state index contributed by atoms with van der Waals surface area (Å²) in [4.78, 5) is 30.7. The van der Waals surface area contributed by atoms with Gasteiger partial charge in [0.05, 0.1) is 31.1 Å². The number of ether oxygens (including phenoxy) is 2. The number of carbonyl (C=O) groups excluding carboxylic acids is 1. The average molecular weight is 436 g/mol. The number of fused-ring (bicyclic) bond motifs is 1. The molecule has 8 heteroatoms. The second kappa shape index (κ2) is 9.01. The molecule has 0 aliphatic rings. The number of para-hydroxylation sites is 2. The van der Waals surface area contributed by atoms with E-state index in [1.54, 1.807) is 18.2 Å². The minimum Gasteiger partial charge on any atom is -0.495 e. The third kappa shape index (κ3) is 4.29. The predicted octanol–water partition coefficient (Wildman–Crippen LogP) is 4.17. The van der Waals surface area contributed by atoms with E-state index >= 15 is 0 Å². The lowest BCUT2D eigenvalue weighted by Gasteiger charge is -2.11. The first kappa shape index (κ1) is 20.6. The molecular formula is C23H21N3O4S. The quantitative estimate of drug-likeness (QED) is 0.471. The molecule has 0 saturated carbocycles. The average Bonchev–Trinajstić information content (AvgIpc) is 3.22. The number of nitrogens with zero attached hydrogens (tertiary/aromatic N) is 2. The molecule has 0 radical (unpaired) electrons. The van der Waals surface area contributed by atoms with Crippen LogP contribution in [0.1, 0.15) is 6.92 Å². The van der Waals surface area contributed by atoms with E-state index in [2.05, 4.69) is 10.3 Å². The lowest BCUT2D eigenvalue weighted by Crippen LogP contribution is -2.27. The number of rotatable bonds is 7. The molecule has 7 nitrogen and oxygen atoms in total. The molecule has 0 atom stereocenters. The van der Waals surface area contributed by atoms with Crippen molar-refractivity contribution >= 4 is 33.1 Å². The van der Waals surface area contributed by atoms with E-state index < -0.39 is 0 Å². The summed E-state index contributed by atoms with van der Waals surface area (Å²) in [6.45, 7) is 2.36. The van der Waals surface area contributed by atoms with Crippen LogP contribution in [0.3, 0.4) is 0 Å². The van der Waals surface area contributed by atoms with Gasteiger partial charge in [-0.1, -0.05) is 24.3 Å². The summed E-state index contributed by atoms with van der Waals surface area (Å²) in [5.74, 6) is 0.979. The van der Waals surface area contributed by atoms with Crippen LogP contribution < -0.4 is 20.3 Å². The maximum atomic E-state index is 13.2. The Bertz CT molecular complexity index is 1280. The van der Waals surface area contributed by atoms with Crippen molar-refractivity contribution in [3.63, 3.8) is 0 Å². The fraction of sp³-hybridized carbons (Fsp3) is 0.174. The molecule has 0 aliphatic heterocycles. The van der Waals surface area contributed by atoms with Crippen molar-refractivity contribution in [1.82, 2.24) is 9.55 Å². The van der Waals surface area contributed by atoms with Gasteiger partial charge in [-0.2, -0.15) is 0 Å². The molecule has 2 aromatic heterocycles. The SMILES string of the molecule is CCOc1ccc(-c2csc3ncn(CC(=O)Nc4ccccc4OC)c(=O)c23)cc1. The summed E-state index contributed by atoms with van der Waals surface area (Å²) in [5.41, 5.74) is 1.97.